The Labute approximate surface area is 641 Å². The van der Waals surface area contributed by atoms with Crippen molar-refractivity contribution in [3.8, 4) is 0 Å². The fourth-order valence-electron chi connectivity index (χ4n) is 18.8. The number of benzene rings is 6. The third-order valence-corrected chi connectivity index (χ3v) is 25.0. The summed E-state index contributed by atoms with van der Waals surface area (Å²) >= 11 is 0. The first-order valence-corrected chi connectivity index (χ1v) is 40.3. The van der Waals surface area contributed by atoms with Crippen LogP contribution in [-0.4, -0.2) is 163 Å². The normalized spacial score (nSPS) is 23.1. The summed E-state index contributed by atoms with van der Waals surface area (Å²) in [6.45, 7) is 31.3. The first kappa shape index (κ1) is 81.6. The zero-order valence-electron chi connectivity index (χ0n) is 66.6. The second kappa shape index (κ2) is 36.1. The summed E-state index contributed by atoms with van der Waals surface area (Å²) in [5.41, 5.74) is 4.94. The van der Waals surface area contributed by atoms with Crippen molar-refractivity contribution in [2.75, 3.05) is 58.9 Å². The minimum Gasteiger partial charge on any atom is -0.389 e. The van der Waals surface area contributed by atoms with Crippen LogP contribution in [0.1, 0.15) is 231 Å². The van der Waals surface area contributed by atoms with Gasteiger partial charge in [-0.05, 0) is 150 Å². The minimum atomic E-state index is -0.954. The van der Waals surface area contributed by atoms with Crippen LogP contribution in [0.3, 0.4) is 0 Å². The zero-order chi connectivity index (χ0) is 76.8. The number of likely N-dealkylation sites (tertiary alicyclic amines) is 6. The van der Waals surface area contributed by atoms with Gasteiger partial charge in [0.15, 0.2) is 0 Å². The molecule has 6 aromatic rings. The third kappa shape index (κ3) is 21.1. The molecule has 6 unspecified atom stereocenters. The molecule has 0 saturated carbocycles. The number of aliphatic hydroxyl groups is 2. The minimum absolute atomic E-state index is 0.0181. The van der Waals surface area contributed by atoms with E-state index in [1.807, 2.05) is 87.5 Å². The van der Waals surface area contributed by atoms with Gasteiger partial charge in [-0.2, -0.15) is 0 Å². The number of amides is 6. The lowest BCUT2D eigenvalue weighted by Gasteiger charge is -2.52. The SMILES string of the molecule is CC(=O)N1CCC(CC(=O)N2CCC(C(c3ccccc3)c3ccccc3)CC2C(C)(C)C)CC1.CC(=O)N1CCC(CC(=O)N2CCC(O)(C(c3ccccc3)c3ccccc3)CC2C(C)(C)C)CC1.CC(=O)N1CCC(CC(=O)N2CCC(O)(C(c3ccccc3)c3ccccc3)CC2C(C)(C)C)CC1. The predicted molar refractivity (Wildman–Crippen MR) is 429 cm³/mol. The molecule has 2 N–H and O–H groups in total. The Balaban J connectivity index is 0.000000172. The van der Waals surface area contributed by atoms with Crippen molar-refractivity contribution in [3.05, 3.63) is 215 Å². The molecule has 576 valence electrons. The zero-order valence-corrected chi connectivity index (χ0v) is 66.6. The molecule has 14 nitrogen and oxygen atoms in total. The quantitative estimate of drug-likeness (QED) is 0.103. The van der Waals surface area contributed by atoms with E-state index in [2.05, 4.69) is 186 Å². The highest BCUT2D eigenvalue weighted by Gasteiger charge is 2.52. The van der Waals surface area contributed by atoms with E-state index in [9.17, 15) is 39.0 Å². The molecule has 6 aromatic carbocycles. The van der Waals surface area contributed by atoms with Gasteiger partial charge >= 0.3 is 0 Å². The first-order chi connectivity index (χ1) is 50.9. The molecule has 107 heavy (non-hydrogen) atoms. The van der Waals surface area contributed by atoms with E-state index in [1.54, 1.807) is 20.8 Å². The summed E-state index contributed by atoms with van der Waals surface area (Å²) in [6, 6.07) is 63.0. The Hall–Kier alpha value is -7.94. The number of piperidine rings is 6. The van der Waals surface area contributed by atoms with Crippen LogP contribution in [0, 0.1) is 39.9 Å². The van der Waals surface area contributed by atoms with Crippen molar-refractivity contribution in [1.82, 2.24) is 29.4 Å². The second-order valence-corrected chi connectivity index (χ2v) is 35.6. The van der Waals surface area contributed by atoms with Gasteiger partial charge in [0.2, 0.25) is 35.4 Å². The van der Waals surface area contributed by atoms with Gasteiger partial charge in [0.1, 0.15) is 0 Å². The first-order valence-electron chi connectivity index (χ1n) is 40.3. The Morgan fingerprint density at radius 3 is 0.832 bits per heavy atom. The van der Waals surface area contributed by atoms with Crippen molar-refractivity contribution in [2.45, 2.75) is 226 Å². The molecule has 6 amide bonds. The van der Waals surface area contributed by atoms with Crippen LogP contribution in [0.5, 0.6) is 0 Å². The molecule has 12 rings (SSSR count). The standard InChI is InChI=1S/2C31H42N2O3.C31H42N2O2/c2*1-23(34)32-18-15-24(16-19-32)21-28(35)33-20-17-31(36,22-27(33)30(2,3)4)29(25-11-7-5-8-12-25)26-13-9-6-10-14-26;1-23(34)32-18-15-24(16-19-32)21-29(35)33-20-17-27(22-28(33)31(2,3)4)30(25-11-7-5-8-12-25)26-13-9-6-10-14-26/h2*5-14,24,27,29,36H,15-22H2,1-4H3;5-14,24,27-28,30H,15-22H2,1-4H3. The van der Waals surface area contributed by atoms with Gasteiger partial charge in [-0.15, -0.1) is 0 Å². The van der Waals surface area contributed by atoms with E-state index in [1.165, 1.54) is 11.1 Å². The topological polar surface area (TPSA) is 162 Å². The smallest absolute Gasteiger partial charge is 0.223 e. The van der Waals surface area contributed by atoms with Crippen molar-refractivity contribution < 1.29 is 39.0 Å². The predicted octanol–water partition coefficient (Wildman–Crippen LogP) is 16.6. The van der Waals surface area contributed by atoms with E-state index in [0.29, 0.717) is 93.5 Å². The maximum Gasteiger partial charge on any atom is 0.223 e. The molecule has 0 aromatic heterocycles. The molecule has 0 spiro atoms. The summed E-state index contributed by atoms with van der Waals surface area (Å²) in [5.74, 6) is 2.62. The summed E-state index contributed by atoms with van der Waals surface area (Å²) in [5, 5.41) is 24.6. The molecule has 0 bridgehead atoms. The van der Waals surface area contributed by atoms with E-state index >= 15 is 0 Å². The number of rotatable bonds is 15. The number of hydrogen-bond donors (Lipinski definition) is 2. The molecule has 6 aliphatic rings. The van der Waals surface area contributed by atoms with E-state index < -0.39 is 11.2 Å². The highest BCUT2D eigenvalue weighted by molar-refractivity contribution is 5.79. The molecule has 14 heteroatoms. The van der Waals surface area contributed by atoms with Crippen LogP contribution in [0.2, 0.25) is 0 Å². The van der Waals surface area contributed by atoms with Crippen LogP contribution >= 0.6 is 0 Å². The molecular formula is C93H126N6O8. The van der Waals surface area contributed by atoms with Gasteiger partial charge in [-0.3, -0.25) is 28.8 Å². The van der Waals surface area contributed by atoms with Crippen LogP contribution in [0.4, 0.5) is 0 Å². The summed E-state index contributed by atoms with van der Waals surface area (Å²) in [7, 11) is 0. The molecule has 0 radical (unpaired) electrons. The molecule has 6 fully saturated rings. The molecule has 0 aliphatic carbocycles. The number of hydrogen-bond acceptors (Lipinski definition) is 8. The number of nitrogens with zero attached hydrogens (tertiary/aromatic N) is 6. The molecule has 6 heterocycles. The van der Waals surface area contributed by atoms with Gasteiger partial charge in [0.25, 0.3) is 0 Å². The lowest BCUT2D eigenvalue weighted by Crippen LogP contribution is -2.59. The van der Waals surface area contributed by atoms with Gasteiger partial charge in [-0.1, -0.05) is 244 Å². The third-order valence-electron chi connectivity index (χ3n) is 25.0. The maximum atomic E-state index is 13.6. The largest absolute Gasteiger partial charge is 0.389 e. The Bertz CT molecular complexity index is 3530. The fourth-order valence-corrected chi connectivity index (χ4v) is 18.8. The van der Waals surface area contributed by atoms with E-state index in [-0.39, 0.29) is 75.7 Å². The second-order valence-electron chi connectivity index (χ2n) is 35.6. The Morgan fingerprint density at radius 2 is 0.589 bits per heavy atom. The van der Waals surface area contributed by atoms with Crippen molar-refractivity contribution >= 4 is 35.4 Å². The Morgan fingerprint density at radius 1 is 0.346 bits per heavy atom. The summed E-state index contributed by atoms with van der Waals surface area (Å²) in [6.07, 6.45) is 11.3. The lowest BCUT2D eigenvalue weighted by atomic mass is 9.66. The van der Waals surface area contributed by atoms with Crippen molar-refractivity contribution in [3.63, 3.8) is 0 Å². The van der Waals surface area contributed by atoms with Crippen molar-refractivity contribution in [1.29, 1.82) is 0 Å². The highest BCUT2D eigenvalue weighted by atomic mass is 16.3. The van der Waals surface area contributed by atoms with Crippen molar-refractivity contribution in [2.24, 2.45) is 39.9 Å². The lowest BCUT2D eigenvalue weighted by molar-refractivity contribution is -0.149. The molecule has 6 aliphatic heterocycles. The number of carbonyl (C=O) groups excluding carboxylic acids is 6. The van der Waals surface area contributed by atoms with Crippen LogP contribution in [-0.2, 0) is 28.8 Å². The molecular weight excluding hydrogens is 1330 g/mol. The van der Waals surface area contributed by atoms with Gasteiger partial charge in [0, 0.05) is 135 Å². The molecule has 6 atom stereocenters. The number of carbonyl (C=O) groups is 6. The fraction of sp³-hybridized carbons (Fsp3) is 0.548. The van der Waals surface area contributed by atoms with Crippen LogP contribution in [0.25, 0.3) is 0 Å². The maximum absolute atomic E-state index is 13.6. The molecule has 6 saturated heterocycles. The Kier molecular flexibility index (Phi) is 27.5. The highest BCUT2D eigenvalue weighted by Crippen LogP contribution is 2.50. The van der Waals surface area contributed by atoms with E-state index in [4.69, 9.17) is 0 Å². The van der Waals surface area contributed by atoms with Gasteiger partial charge in [-0.25, -0.2) is 0 Å². The van der Waals surface area contributed by atoms with E-state index in [0.717, 1.165) is 119 Å². The summed E-state index contributed by atoms with van der Waals surface area (Å²) < 4.78 is 0. The summed E-state index contributed by atoms with van der Waals surface area (Å²) in [4.78, 5) is 87.9. The van der Waals surface area contributed by atoms with Gasteiger partial charge < -0.3 is 39.6 Å². The van der Waals surface area contributed by atoms with Crippen LogP contribution < -0.4 is 0 Å². The average molecular weight is 1460 g/mol. The van der Waals surface area contributed by atoms with Crippen LogP contribution in [0.15, 0.2) is 182 Å². The monoisotopic (exact) mass is 1450 g/mol. The average Bonchev–Trinajstić information content (AvgIpc) is 0.760. The van der Waals surface area contributed by atoms with Gasteiger partial charge in [0.05, 0.1) is 11.2 Å².